The summed E-state index contributed by atoms with van der Waals surface area (Å²) in [6, 6.07) is 5.58. The second-order valence-corrected chi connectivity index (χ2v) is 7.62. The van der Waals surface area contributed by atoms with Gasteiger partial charge < -0.3 is 28.8 Å². The quantitative estimate of drug-likeness (QED) is 0.863. The van der Waals surface area contributed by atoms with E-state index in [4.69, 9.17) is 23.7 Å². The van der Waals surface area contributed by atoms with Crippen LogP contribution in [0.25, 0.3) is 0 Å². The second kappa shape index (κ2) is 6.88. The van der Waals surface area contributed by atoms with Crippen LogP contribution in [0, 0.1) is 11.8 Å². The first-order valence-electron chi connectivity index (χ1n) is 9.44. The highest BCUT2D eigenvalue weighted by molar-refractivity contribution is 5.46. The minimum atomic E-state index is -0.444. The lowest BCUT2D eigenvalue weighted by molar-refractivity contribution is -0.0593. The first-order valence-corrected chi connectivity index (χ1v) is 9.44. The van der Waals surface area contributed by atoms with Gasteiger partial charge in [-0.25, -0.2) is 0 Å². The molecule has 7 nitrogen and oxygen atoms in total. The molecule has 0 aromatic heterocycles. The van der Waals surface area contributed by atoms with Crippen LogP contribution >= 0.6 is 0 Å². The Morgan fingerprint density at radius 3 is 2.65 bits per heavy atom. The van der Waals surface area contributed by atoms with E-state index in [-0.39, 0.29) is 19.2 Å². The van der Waals surface area contributed by atoms with Crippen molar-refractivity contribution < 1.29 is 28.8 Å². The molecule has 1 aromatic rings. The molecular formula is C19H25NO6. The molecule has 0 unspecified atom stereocenters. The fourth-order valence-electron chi connectivity index (χ4n) is 4.61. The Hall–Kier alpha value is -1.54. The molecule has 0 spiro atoms. The Kier molecular flexibility index (Phi) is 4.40. The van der Waals surface area contributed by atoms with Crippen LogP contribution in [0.3, 0.4) is 0 Å². The van der Waals surface area contributed by atoms with Crippen LogP contribution in [0.5, 0.6) is 17.2 Å². The van der Waals surface area contributed by atoms with E-state index >= 15 is 0 Å². The summed E-state index contributed by atoms with van der Waals surface area (Å²) in [6.07, 6.45) is 0.920. The maximum absolute atomic E-state index is 10.6. The average molecular weight is 363 g/mol. The van der Waals surface area contributed by atoms with Crippen LogP contribution in [-0.4, -0.2) is 68.1 Å². The van der Waals surface area contributed by atoms with E-state index in [0.29, 0.717) is 30.8 Å². The van der Waals surface area contributed by atoms with E-state index in [1.54, 1.807) is 0 Å². The molecular weight excluding hydrogens is 338 g/mol. The fourth-order valence-corrected chi connectivity index (χ4v) is 4.61. The maximum atomic E-state index is 10.6. The molecule has 4 atom stereocenters. The predicted octanol–water partition coefficient (Wildman–Crippen LogP) is 1.24. The van der Waals surface area contributed by atoms with Gasteiger partial charge in [0.15, 0.2) is 17.8 Å². The summed E-state index contributed by atoms with van der Waals surface area (Å²) in [5, 5.41) is 10.6. The van der Waals surface area contributed by atoms with Gasteiger partial charge in [0.05, 0.1) is 19.3 Å². The molecule has 26 heavy (non-hydrogen) atoms. The van der Waals surface area contributed by atoms with Gasteiger partial charge in [0.2, 0.25) is 6.79 Å². The van der Waals surface area contributed by atoms with Crippen molar-refractivity contribution in [3.63, 3.8) is 0 Å². The highest BCUT2D eigenvalue weighted by Crippen LogP contribution is 2.40. The van der Waals surface area contributed by atoms with Crippen molar-refractivity contribution >= 4 is 0 Å². The number of hydrogen-bond donors (Lipinski definition) is 1. The number of hydrogen-bond acceptors (Lipinski definition) is 7. The van der Waals surface area contributed by atoms with Gasteiger partial charge in [-0.05, 0) is 36.8 Å². The molecule has 142 valence electrons. The van der Waals surface area contributed by atoms with E-state index in [1.807, 2.05) is 18.2 Å². The fraction of sp³-hybridized carbons (Fsp3) is 0.684. The summed E-state index contributed by atoms with van der Waals surface area (Å²) >= 11 is 0. The largest absolute Gasteiger partial charge is 0.488 e. The standard InChI is InChI=1S/C19H25NO6/c21-15-5-12-8-20(10-19-22-3-4-23-19)9-13(12)6-17(15)26-14-1-2-16-18(7-14)25-11-24-16/h1-2,7,12-13,15,17,19,21H,3-6,8-11H2/t12-,13+,15+,17+/m0/s1. The number of aliphatic hydroxyl groups is 1. The van der Waals surface area contributed by atoms with Crippen molar-refractivity contribution in [2.45, 2.75) is 31.3 Å². The number of rotatable bonds is 4. The number of ether oxygens (including phenoxy) is 5. The lowest BCUT2D eigenvalue weighted by Gasteiger charge is -2.35. The van der Waals surface area contributed by atoms with Crippen LogP contribution in [0.1, 0.15) is 12.8 Å². The lowest BCUT2D eigenvalue weighted by atomic mass is 9.78. The van der Waals surface area contributed by atoms with E-state index in [9.17, 15) is 5.11 Å². The van der Waals surface area contributed by atoms with E-state index in [2.05, 4.69) is 4.90 Å². The Labute approximate surface area is 152 Å². The molecule has 0 amide bonds. The van der Waals surface area contributed by atoms with Crippen molar-refractivity contribution in [3.8, 4) is 17.2 Å². The first-order chi connectivity index (χ1) is 12.7. The van der Waals surface area contributed by atoms with Gasteiger partial charge in [-0.2, -0.15) is 0 Å². The number of fused-ring (bicyclic) bond motifs is 2. The van der Waals surface area contributed by atoms with Crippen molar-refractivity contribution in [3.05, 3.63) is 18.2 Å². The van der Waals surface area contributed by atoms with Gasteiger partial charge in [-0.3, -0.25) is 4.90 Å². The highest BCUT2D eigenvalue weighted by atomic mass is 16.7. The van der Waals surface area contributed by atoms with Crippen LogP contribution in [0.4, 0.5) is 0 Å². The zero-order valence-corrected chi connectivity index (χ0v) is 14.7. The van der Waals surface area contributed by atoms with Gasteiger partial charge in [0.1, 0.15) is 11.9 Å². The van der Waals surface area contributed by atoms with E-state index < -0.39 is 6.10 Å². The normalized spacial score (nSPS) is 34.2. The summed E-state index contributed by atoms with van der Waals surface area (Å²) in [7, 11) is 0. The molecule has 1 aliphatic carbocycles. The highest BCUT2D eigenvalue weighted by Gasteiger charge is 2.43. The average Bonchev–Trinajstić information content (AvgIpc) is 3.35. The van der Waals surface area contributed by atoms with Crippen molar-refractivity contribution in [1.29, 1.82) is 0 Å². The molecule has 1 saturated carbocycles. The minimum Gasteiger partial charge on any atom is -0.488 e. The predicted molar refractivity (Wildman–Crippen MR) is 91.3 cm³/mol. The molecule has 3 heterocycles. The van der Waals surface area contributed by atoms with Crippen molar-refractivity contribution in [2.75, 3.05) is 39.6 Å². The molecule has 0 bridgehead atoms. The molecule has 4 aliphatic rings. The van der Waals surface area contributed by atoms with Crippen LogP contribution in [0.15, 0.2) is 18.2 Å². The van der Waals surface area contributed by atoms with E-state index in [1.165, 1.54) is 0 Å². The Balaban J connectivity index is 1.20. The molecule has 3 aliphatic heterocycles. The summed E-state index contributed by atoms with van der Waals surface area (Å²) in [5.74, 6) is 3.22. The van der Waals surface area contributed by atoms with Gasteiger partial charge >= 0.3 is 0 Å². The first kappa shape index (κ1) is 16.6. The summed E-state index contributed by atoms with van der Waals surface area (Å²) in [6.45, 7) is 4.46. The number of likely N-dealkylation sites (tertiary alicyclic amines) is 1. The molecule has 2 saturated heterocycles. The number of aliphatic hydroxyl groups excluding tert-OH is 1. The third-order valence-electron chi connectivity index (χ3n) is 5.89. The molecule has 0 radical (unpaired) electrons. The summed E-state index contributed by atoms with van der Waals surface area (Å²) in [4.78, 5) is 2.40. The monoisotopic (exact) mass is 363 g/mol. The smallest absolute Gasteiger partial charge is 0.231 e. The topological polar surface area (TPSA) is 69.6 Å². The minimum absolute atomic E-state index is 0.0965. The summed E-state index contributed by atoms with van der Waals surface area (Å²) < 4.78 is 28.0. The molecule has 3 fully saturated rings. The zero-order chi connectivity index (χ0) is 17.5. The van der Waals surface area contributed by atoms with Crippen LogP contribution in [-0.2, 0) is 9.47 Å². The van der Waals surface area contributed by atoms with Crippen molar-refractivity contribution in [2.24, 2.45) is 11.8 Å². The number of nitrogens with zero attached hydrogens (tertiary/aromatic N) is 1. The molecule has 1 N–H and O–H groups in total. The third kappa shape index (κ3) is 3.24. The molecule has 1 aromatic carbocycles. The summed E-state index contributed by atoms with van der Waals surface area (Å²) in [5.41, 5.74) is 0. The van der Waals surface area contributed by atoms with Gasteiger partial charge in [-0.1, -0.05) is 0 Å². The lowest BCUT2D eigenvalue weighted by Crippen LogP contribution is -2.42. The molecule has 7 heteroatoms. The SMILES string of the molecule is O[C@@H]1C[C@H]2CN(CC3OCCO3)C[C@H]2C[C@H]1Oc1ccc2c(c1)OCO2. The Morgan fingerprint density at radius 1 is 1.04 bits per heavy atom. The molecule has 5 rings (SSSR count). The van der Waals surface area contributed by atoms with Gasteiger partial charge in [-0.15, -0.1) is 0 Å². The Bertz CT molecular complexity index is 649. The van der Waals surface area contributed by atoms with Crippen LogP contribution < -0.4 is 14.2 Å². The van der Waals surface area contributed by atoms with Crippen LogP contribution in [0.2, 0.25) is 0 Å². The van der Waals surface area contributed by atoms with Gasteiger partial charge in [0, 0.05) is 25.7 Å². The number of benzene rings is 1. The second-order valence-electron chi connectivity index (χ2n) is 7.62. The Morgan fingerprint density at radius 2 is 1.81 bits per heavy atom. The van der Waals surface area contributed by atoms with E-state index in [0.717, 1.165) is 44.0 Å². The van der Waals surface area contributed by atoms with Gasteiger partial charge in [0.25, 0.3) is 0 Å². The zero-order valence-electron chi connectivity index (χ0n) is 14.7. The third-order valence-corrected chi connectivity index (χ3v) is 5.89. The van der Waals surface area contributed by atoms with Crippen molar-refractivity contribution in [1.82, 2.24) is 4.90 Å². The maximum Gasteiger partial charge on any atom is 0.231 e.